The first-order valence-corrected chi connectivity index (χ1v) is 7.99. The molecule has 0 aliphatic carbocycles. The maximum Gasteiger partial charge on any atom is 0.269 e. The van der Waals surface area contributed by atoms with E-state index in [1.165, 1.54) is 16.4 Å². The fourth-order valence-electron chi connectivity index (χ4n) is 2.15. The van der Waals surface area contributed by atoms with Crippen LogP contribution >= 0.6 is 0 Å². The van der Waals surface area contributed by atoms with Crippen LogP contribution in [0.4, 0.5) is 0 Å². The number of benzene rings is 2. The van der Waals surface area contributed by atoms with E-state index >= 15 is 0 Å². The molecular formula is C16H14N2O2S. The van der Waals surface area contributed by atoms with Gasteiger partial charge < -0.3 is 0 Å². The number of nitrogens with zero attached hydrogens (tertiary/aromatic N) is 2. The minimum absolute atomic E-state index is 0.261. The number of imidazole rings is 1. The fourth-order valence-corrected chi connectivity index (χ4v) is 3.48. The Bertz CT molecular complexity index is 825. The van der Waals surface area contributed by atoms with Gasteiger partial charge in [-0.3, -0.25) is 0 Å². The third-order valence-corrected chi connectivity index (χ3v) is 4.90. The van der Waals surface area contributed by atoms with E-state index in [0.717, 1.165) is 5.56 Å². The molecule has 5 heteroatoms. The van der Waals surface area contributed by atoms with Crippen LogP contribution in [-0.2, 0) is 16.4 Å². The lowest BCUT2D eigenvalue weighted by molar-refractivity contribution is 0.585. The molecule has 106 valence electrons. The molecule has 0 aliphatic rings. The van der Waals surface area contributed by atoms with Crippen molar-refractivity contribution in [1.82, 2.24) is 8.96 Å². The van der Waals surface area contributed by atoms with Gasteiger partial charge in [0.05, 0.1) is 4.90 Å². The van der Waals surface area contributed by atoms with E-state index < -0.39 is 10.0 Å². The van der Waals surface area contributed by atoms with Crippen molar-refractivity contribution in [1.29, 1.82) is 0 Å². The van der Waals surface area contributed by atoms with Gasteiger partial charge in [-0.15, -0.1) is 0 Å². The Morgan fingerprint density at radius 2 is 1.52 bits per heavy atom. The predicted octanol–water partition coefficient (Wildman–Crippen LogP) is 2.71. The summed E-state index contributed by atoms with van der Waals surface area (Å²) in [5, 5.41) is 0. The molecule has 0 spiro atoms. The summed E-state index contributed by atoms with van der Waals surface area (Å²) in [6.45, 7) is 0. The molecule has 21 heavy (non-hydrogen) atoms. The molecule has 3 rings (SSSR count). The van der Waals surface area contributed by atoms with E-state index in [1.54, 1.807) is 30.3 Å². The number of aromatic nitrogens is 2. The summed E-state index contributed by atoms with van der Waals surface area (Å²) < 4.78 is 26.5. The van der Waals surface area contributed by atoms with Gasteiger partial charge in [0.25, 0.3) is 10.0 Å². The van der Waals surface area contributed by atoms with Crippen molar-refractivity contribution in [2.45, 2.75) is 11.3 Å². The largest absolute Gasteiger partial charge is 0.269 e. The summed E-state index contributed by atoms with van der Waals surface area (Å²) >= 11 is 0. The highest BCUT2D eigenvalue weighted by atomic mass is 32.2. The molecule has 0 unspecified atom stereocenters. The van der Waals surface area contributed by atoms with Gasteiger partial charge in [-0.25, -0.2) is 17.4 Å². The Hall–Kier alpha value is -2.40. The SMILES string of the molecule is O=S(=O)(c1ccccc1)n1ccnc1Cc1ccccc1. The Balaban J connectivity index is 2.00. The molecule has 0 saturated heterocycles. The second-order valence-corrected chi connectivity index (χ2v) is 6.43. The van der Waals surface area contributed by atoms with Crippen LogP contribution in [0.3, 0.4) is 0 Å². The fraction of sp³-hybridized carbons (Fsp3) is 0.0625. The smallest absolute Gasteiger partial charge is 0.240 e. The van der Waals surface area contributed by atoms with Crippen LogP contribution in [0.2, 0.25) is 0 Å². The summed E-state index contributed by atoms with van der Waals surface area (Å²) in [6.07, 6.45) is 3.47. The monoisotopic (exact) mass is 298 g/mol. The zero-order valence-electron chi connectivity index (χ0n) is 11.3. The highest BCUT2D eigenvalue weighted by Crippen LogP contribution is 2.16. The second kappa shape index (κ2) is 5.54. The first-order valence-electron chi connectivity index (χ1n) is 6.55. The van der Waals surface area contributed by atoms with Gasteiger partial charge in [0.2, 0.25) is 0 Å². The van der Waals surface area contributed by atoms with Crippen molar-refractivity contribution >= 4 is 10.0 Å². The molecule has 0 saturated carbocycles. The van der Waals surface area contributed by atoms with Gasteiger partial charge >= 0.3 is 0 Å². The lowest BCUT2D eigenvalue weighted by atomic mass is 10.1. The molecule has 0 radical (unpaired) electrons. The second-order valence-electron chi connectivity index (χ2n) is 4.62. The van der Waals surface area contributed by atoms with Crippen molar-refractivity contribution in [2.24, 2.45) is 0 Å². The van der Waals surface area contributed by atoms with E-state index in [1.807, 2.05) is 30.3 Å². The van der Waals surface area contributed by atoms with E-state index in [-0.39, 0.29) is 4.90 Å². The highest BCUT2D eigenvalue weighted by molar-refractivity contribution is 7.90. The zero-order valence-corrected chi connectivity index (χ0v) is 12.1. The van der Waals surface area contributed by atoms with Crippen LogP contribution < -0.4 is 0 Å². The third-order valence-electron chi connectivity index (χ3n) is 3.19. The number of rotatable bonds is 4. The summed E-state index contributed by atoms with van der Waals surface area (Å²) in [5.74, 6) is 0.505. The summed E-state index contributed by atoms with van der Waals surface area (Å²) in [7, 11) is -3.59. The molecule has 0 amide bonds. The normalized spacial score (nSPS) is 11.4. The number of hydrogen-bond acceptors (Lipinski definition) is 3. The van der Waals surface area contributed by atoms with E-state index in [4.69, 9.17) is 0 Å². The van der Waals surface area contributed by atoms with Crippen molar-refractivity contribution in [3.63, 3.8) is 0 Å². The van der Waals surface area contributed by atoms with Crippen LogP contribution in [0.15, 0.2) is 78.0 Å². The van der Waals surface area contributed by atoms with Crippen LogP contribution in [0.5, 0.6) is 0 Å². The standard InChI is InChI=1S/C16H14N2O2S/c19-21(20,15-9-5-2-6-10-15)18-12-11-17-16(18)13-14-7-3-1-4-8-14/h1-12H,13H2. The maximum atomic E-state index is 12.6. The highest BCUT2D eigenvalue weighted by Gasteiger charge is 2.19. The summed E-state index contributed by atoms with van der Waals surface area (Å²) in [4.78, 5) is 4.45. The average molecular weight is 298 g/mol. The van der Waals surface area contributed by atoms with Crippen molar-refractivity contribution in [2.75, 3.05) is 0 Å². The zero-order chi connectivity index (χ0) is 14.7. The molecule has 4 nitrogen and oxygen atoms in total. The molecule has 3 aromatic rings. The molecule has 0 N–H and O–H groups in total. The van der Waals surface area contributed by atoms with Gasteiger partial charge in [0.1, 0.15) is 5.82 Å². The Morgan fingerprint density at radius 1 is 0.905 bits per heavy atom. The van der Waals surface area contributed by atoms with Gasteiger partial charge in [-0.2, -0.15) is 0 Å². The van der Waals surface area contributed by atoms with Crippen molar-refractivity contribution in [3.05, 3.63) is 84.4 Å². The topological polar surface area (TPSA) is 52.0 Å². The van der Waals surface area contributed by atoms with Crippen LogP contribution in [-0.4, -0.2) is 17.4 Å². The summed E-state index contributed by atoms with van der Waals surface area (Å²) in [5.41, 5.74) is 1.02. The minimum Gasteiger partial charge on any atom is -0.240 e. The predicted molar refractivity (Wildman–Crippen MR) is 80.5 cm³/mol. The van der Waals surface area contributed by atoms with Gasteiger partial charge in [-0.05, 0) is 17.7 Å². The van der Waals surface area contributed by atoms with Crippen molar-refractivity contribution in [3.8, 4) is 0 Å². The van der Waals surface area contributed by atoms with Crippen molar-refractivity contribution < 1.29 is 8.42 Å². The van der Waals surface area contributed by atoms with Crippen LogP contribution in [0.25, 0.3) is 0 Å². The molecule has 0 bridgehead atoms. The number of hydrogen-bond donors (Lipinski definition) is 0. The minimum atomic E-state index is -3.59. The molecule has 0 fully saturated rings. The Kier molecular flexibility index (Phi) is 3.58. The average Bonchev–Trinajstić information content (AvgIpc) is 2.98. The van der Waals surface area contributed by atoms with Crippen LogP contribution in [0.1, 0.15) is 11.4 Å². The van der Waals surface area contributed by atoms with E-state index in [2.05, 4.69) is 4.98 Å². The maximum absolute atomic E-state index is 12.6. The van der Waals surface area contributed by atoms with Gasteiger partial charge in [0.15, 0.2) is 0 Å². The van der Waals surface area contributed by atoms with E-state index in [0.29, 0.717) is 12.2 Å². The quantitative estimate of drug-likeness (QED) is 0.744. The first-order chi connectivity index (χ1) is 10.2. The lowest BCUT2D eigenvalue weighted by Gasteiger charge is -2.09. The van der Waals surface area contributed by atoms with Crippen LogP contribution in [0, 0.1) is 0 Å². The Morgan fingerprint density at radius 3 is 2.19 bits per heavy atom. The Labute approximate surface area is 123 Å². The third kappa shape index (κ3) is 2.73. The molecule has 0 atom stereocenters. The van der Waals surface area contributed by atoms with E-state index in [9.17, 15) is 8.42 Å². The molecular weight excluding hydrogens is 284 g/mol. The molecule has 2 aromatic carbocycles. The summed E-state index contributed by atoms with van der Waals surface area (Å²) in [6, 6.07) is 18.1. The first kappa shape index (κ1) is 13.6. The molecule has 1 aromatic heterocycles. The van der Waals surface area contributed by atoms with Gasteiger partial charge in [0, 0.05) is 18.8 Å². The van der Waals surface area contributed by atoms with Gasteiger partial charge in [-0.1, -0.05) is 48.5 Å². The molecule has 0 aliphatic heterocycles. The lowest BCUT2D eigenvalue weighted by Crippen LogP contribution is -2.15. The molecule has 1 heterocycles.